The van der Waals surface area contributed by atoms with Gasteiger partial charge in [-0.2, -0.15) is 0 Å². The molecule has 4 nitrogen and oxygen atoms in total. The van der Waals surface area contributed by atoms with Crippen molar-refractivity contribution in [1.82, 2.24) is 0 Å². The van der Waals surface area contributed by atoms with E-state index in [2.05, 4.69) is 0 Å². The zero-order chi connectivity index (χ0) is 12.2. The van der Waals surface area contributed by atoms with E-state index in [1.54, 1.807) is 0 Å². The van der Waals surface area contributed by atoms with Gasteiger partial charge in [-0.05, 0) is 18.0 Å². The molecule has 2 unspecified atom stereocenters. The van der Waals surface area contributed by atoms with Gasteiger partial charge in [0.15, 0.2) is 0 Å². The summed E-state index contributed by atoms with van der Waals surface area (Å²) in [7, 11) is -1.36. The third kappa shape index (κ3) is 4.61. The summed E-state index contributed by atoms with van der Waals surface area (Å²) >= 11 is 0. The Morgan fingerprint density at radius 1 is 1.27 bits per heavy atom. The summed E-state index contributed by atoms with van der Waals surface area (Å²) in [5.74, 6) is -0.226. The average Bonchev–Trinajstić information content (AvgIpc) is 2.00. The number of rotatable bonds is 6. The monoisotopic (exact) mass is 233 g/mol. The highest BCUT2D eigenvalue weighted by Gasteiger charge is 2.34. The molecule has 88 valence electrons. The maximum atomic E-state index is 11.2. The predicted molar refractivity (Wildman–Crippen MR) is 62.5 cm³/mol. The van der Waals surface area contributed by atoms with Crippen molar-refractivity contribution in [3.05, 3.63) is 0 Å². The van der Waals surface area contributed by atoms with Crippen LogP contribution in [0.4, 0.5) is 4.79 Å². The number of nitrogens with two attached hydrogens (primary N) is 1. The van der Waals surface area contributed by atoms with E-state index in [9.17, 15) is 9.59 Å². The molecule has 0 fully saturated rings. The molecule has 2 atom stereocenters. The molecule has 0 saturated carbocycles. The van der Waals surface area contributed by atoms with Crippen LogP contribution in [0.3, 0.4) is 0 Å². The van der Waals surface area contributed by atoms with Crippen LogP contribution in [0, 0.1) is 11.8 Å². The van der Waals surface area contributed by atoms with Gasteiger partial charge in [0, 0.05) is 7.92 Å². The highest BCUT2D eigenvalue weighted by Crippen LogP contribution is 2.46. The van der Waals surface area contributed by atoms with Crippen LogP contribution >= 0.6 is 7.92 Å². The van der Waals surface area contributed by atoms with E-state index < -0.39 is 25.2 Å². The minimum absolute atomic E-state index is 0.0107. The first-order valence-corrected chi connectivity index (χ1v) is 6.65. The lowest BCUT2D eigenvalue weighted by Gasteiger charge is -2.25. The van der Waals surface area contributed by atoms with Gasteiger partial charge in [-0.15, -0.1) is 0 Å². The third-order valence-electron chi connectivity index (χ3n) is 2.07. The normalized spacial score (nSPS) is 15.3. The Morgan fingerprint density at radius 3 is 1.93 bits per heavy atom. The minimum Gasteiger partial charge on any atom is -0.478 e. The smallest absolute Gasteiger partial charge is 0.324 e. The van der Waals surface area contributed by atoms with Gasteiger partial charge < -0.3 is 10.8 Å². The average molecular weight is 233 g/mol. The van der Waals surface area contributed by atoms with E-state index in [4.69, 9.17) is 10.8 Å². The van der Waals surface area contributed by atoms with Crippen molar-refractivity contribution in [1.29, 1.82) is 0 Å². The van der Waals surface area contributed by atoms with Gasteiger partial charge in [-0.3, -0.25) is 4.79 Å². The summed E-state index contributed by atoms with van der Waals surface area (Å²) in [6, 6.07) is 0. The second-order valence-electron chi connectivity index (χ2n) is 4.42. The van der Waals surface area contributed by atoms with E-state index in [1.807, 2.05) is 27.7 Å². The molecule has 1 amide bonds. The lowest BCUT2D eigenvalue weighted by molar-refractivity contribution is -0.118. The number of hydrogen-bond acceptors (Lipinski definition) is 2. The van der Waals surface area contributed by atoms with Gasteiger partial charge in [0.1, 0.15) is 0 Å². The van der Waals surface area contributed by atoms with Crippen LogP contribution in [-0.2, 0) is 4.79 Å². The van der Waals surface area contributed by atoms with Crippen LogP contribution in [-0.4, -0.2) is 28.5 Å². The maximum absolute atomic E-state index is 11.2. The fourth-order valence-corrected chi connectivity index (χ4v) is 3.98. The number of amides is 1. The van der Waals surface area contributed by atoms with Gasteiger partial charge in [-0.25, -0.2) is 4.79 Å². The van der Waals surface area contributed by atoms with Crippen molar-refractivity contribution in [2.45, 2.75) is 33.4 Å². The van der Waals surface area contributed by atoms with Crippen molar-refractivity contribution in [2.75, 3.05) is 6.16 Å². The first kappa shape index (κ1) is 14.4. The summed E-state index contributed by atoms with van der Waals surface area (Å²) in [5.41, 5.74) is 3.89. The quantitative estimate of drug-likeness (QED) is 0.691. The molecule has 0 bridgehead atoms. The van der Waals surface area contributed by atoms with Crippen LogP contribution in [0.2, 0.25) is 0 Å². The molecule has 0 saturated heterocycles. The van der Waals surface area contributed by atoms with Crippen molar-refractivity contribution in [3.8, 4) is 0 Å². The number of hydrogen-bond donors (Lipinski definition) is 2. The molecule has 0 radical (unpaired) electrons. The molecule has 0 rings (SSSR count). The van der Waals surface area contributed by atoms with Crippen LogP contribution in [0.25, 0.3) is 0 Å². The molecule has 0 aliphatic heterocycles. The van der Waals surface area contributed by atoms with Gasteiger partial charge in [-0.1, -0.05) is 27.7 Å². The third-order valence-corrected chi connectivity index (χ3v) is 5.20. The molecule has 0 spiro atoms. The Morgan fingerprint density at radius 2 is 1.73 bits per heavy atom. The van der Waals surface area contributed by atoms with Gasteiger partial charge in [0.05, 0.1) is 5.66 Å². The Balaban J connectivity index is 4.84. The molecular weight excluding hydrogens is 213 g/mol. The summed E-state index contributed by atoms with van der Waals surface area (Å²) < 4.78 is 0. The van der Waals surface area contributed by atoms with E-state index in [0.717, 1.165) is 0 Å². The van der Waals surface area contributed by atoms with Crippen molar-refractivity contribution in [2.24, 2.45) is 17.6 Å². The van der Waals surface area contributed by atoms with Crippen molar-refractivity contribution >= 4 is 19.5 Å². The highest BCUT2D eigenvalue weighted by molar-refractivity contribution is 7.75. The van der Waals surface area contributed by atoms with Crippen LogP contribution in [0.15, 0.2) is 0 Å². The Bertz CT molecular complexity index is 241. The first-order chi connectivity index (χ1) is 6.77. The SMILES string of the molecule is CC(C)CP(C(=O)O)C(C(N)=O)C(C)C. The number of carbonyl (C=O) groups excluding carboxylic acids is 1. The van der Waals surface area contributed by atoms with Crippen LogP contribution < -0.4 is 5.73 Å². The van der Waals surface area contributed by atoms with Crippen molar-refractivity contribution in [3.63, 3.8) is 0 Å². The topological polar surface area (TPSA) is 80.4 Å². The van der Waals surface area contributed by atoms with E-state index in [0.29, 0.717) is 6.16 Å². The number of carbonyl (C=O) groups is 2. The molecule has 3 N–H and O–H groups in total. The molecule has 0 aromatic heterocycles. The largest absolute Gasteiger partial charge is 0.478 e. The molecular formula is C10H20NO3P. The fraction of sp³-hybridized carbons (Fsp3) is 0.800. The zero-order valence-corrected chi connectivity index (χ0v) is 10.6. The van der Waals surface area contributed by atoms with E-state index >= 15 is 0 Å². The fourth-order valence-electron chi connectivity index (χ4n) is 1.55. The minimum atomic E-state index is -1.36. The lowest BCUT2D eigenvalue weighted by atomic mass is 10.1. The predicted octanol–water partition coefficient (Wildman–Crippen LogP) is 2.31. The molecule has 0 aromatic carbocycles. The molecule has 0 heterocycles. The van der Waals surface area contributed by atoms with Crippen LogP contribution in [0.1, 0.15) is 27.7 Å². The number of primary amides is 1. The second kappa shape index (κ2) is 6.06. The standard InChI is InChI=1S/C10H20NO3P/c1-6(2)5-15(10(13)14)8(7(3)4)9(11)12/h6-8H,5H2,1-4H3,(H2,11,12)(H,13,14). The Kier molecular flexibility index (Phi) is 5.81. The Hall–Kier alpha value is -0.630. The summed E-state index contributed by atoms with van der Waals surface area (Å²) in [4.78, 5) is 22.3. The molecule has 15 heavy (non-hydrogen) atoms. The van der Waals surface area contributed by atoms with E-state index in [1.165, 1.54) is 0 Å². The van der Waals surface area contributed by atoms with Gasteiger partial charge in [0.25, 0.3) is 0 Å². The van der Waals surface area contributed by atoms with Gasteiger partial charge in [0.2, 0.25) is 5.91 Å². The summed E-state index contributed by atoms with van der Waals surface area (Å²) in [5, 5.41) is 9.11. The molecule has 0 aromatic rings. The van der Waals surface area contributed by atoms with E-state index in [-0.39, 0.29) is 11.8 Å². The molecule has 5 heteroatoms. The second-order valence-corrected chi connectivity index (χ2v) is 6.66. The number of carboxylic acid groups (broad SMARTS) is 1. The summed E-state index contributed by atoms with van der Waals surface area (Å²) in [6.45, 7) is 7.59. The highest BCUT2D eigenvalue weighted by atomic mass is 31.1. The zero-order valence-electron chi connectivity index (χ0n) is 9.73. The molecule has 0 aliphatic carbocycles. The first-order valence-electron chi connectivity index (χ1n) is 5.06. The Labute approximate surface area is 92.0 Å². The molecule has 0 aliphatic rings. The van der Waals surface area contributed by atoms with Gasteiger partial charge >= 0.3 is 5.71 Å². The maximum Gasteiger partial charge on any atom is 0.324 e. The van der Waals surface area contributed by atoms with Crippen LogP contribution in [0.5, 0.6) is 0 Å². The van der Waals surface area contributed by atoms with Crippen molar-refractivity contribution < 1.29 is 14.7 Å². The summed E-state index contributed by atoms with van der Waals surface area (Å²) in [6.07, 6.45) is 0.552. The lowest BCUT2D eigenvalue weighted by Crippen LogP contribution is -2.34.